The fourth-order valence-corrected chi connectivity index (χ4v) is 3.79. The lowest BCUT2D eigenvalue weighted by molar-refractivity contribution is -0.118. The molecule has 29 heavy (non-hydrogen) atoms. The third kappa shape index (κ3) is 4.65. The largest absolute Gasteiger partial charge is 0.454 e. The van der Waals surface area contributed by atoms with Crippen LogP contribution in [0.1, 0.15) is 11.1 Å². The lowest BCUT2D eigenvalue weighted by Crippen LogP contribution is -2.27. The van der Waals surface area contributed by atoms with Crippen LogP contribution in [0.2, 0.25) is 5.02 Å². The Hall–Kier alpha value is -2.71. The number of hydrogen-bond donors (Lipinski definition) is 1. The van der Waals surface area contributed by atoms with E-state index in [4.69, 9.17) is 21.1 Å². The first-order valence-corrected chi connectivity index (χ1v) is 10.4. The highest BCUT2D eigenvalue weighted by Gasteiger charge is 2.14. The van der Waals surface area contributed by atoms with E-state index < -0.39 is 0 Å². The Balaban J connectivity index is 1.28. The number of nitrogens with one attached hydrogen (secondary N) is 1. The third-order valence-electron chi connectivity index (χ3n) is 4.46. The Kier molecular flexibility index (Phi) is 5.92. The van der Waals surface area contributed by atoms with Crippen LogP contribution in [0, 0.1) is 6.92 Å². The molecule has 1 aliphatic heterocycles. The first-order chi connectivity index (χ1) is 14.1. The summed E-state index contributed by atoms with van der Waals surface area (Å²) in [4.78, 5) is 12.2. The molecule has 9 heteroatoms. The number of ether oxygens (including phenoxy) is 2. The van der Waals surface area contributed by atoms with Gasteiger partial charge in [0.25, 0.3) is 0 Å². The minimum atomic E-state index is -0.0627. The van der Waals surface area contributed by atoms with Gasteiger partial charge in [0.2, 0.25) is 12.7 Å². The summed E-state index contributed by atoms with van der Waals surface area (Å²) in [7, 11) is 0. The third-order valence-corrected chi connectivity index (χ3v) is 5.81. The van der Waals surface area contributed by atoms with Gasteiger partial charge in [-0.3, -0.25) is 9.36 Å². The van der Waals surface area contributed by atoms with E-state index in [1.54, 1.807) is 6.33 Å². The van der Waals surface area contributed by atoms with E-state index in [2.05, 4.69) is 15.5 Å². The topological polar surface area (TPSA) is 78.3 Å². The van der Waals surface area contributed by atoms with Gasteiger partial charge < -0.3 is 14.8 Å². The summed E-state index contributed by atoms with van der Waals surface area (Å²) in [6.07, 6.45) is 2.33. The van der Waals surface area contributed by atoms with E-state index in [1.165, 1.54) is 11.8 Å². The van der Waals surface area contributed by atoms with Crippen molar-refractivity contribution in [2.24, 2.45) is 0 Å². The number of amides is 1. The molecule has 0 fully saturated rings. The molecule has 2 aromatic carbocycles. The van der Waals surface area contributed by atoms with Gasteiger partial charge in [0.15, 0.2) is 16.7 Å². The molecular weight excluding hydrogens is 412 g/mol. The summed E-state index contributed by atoms with van der Waals surface area (Å²) >= 11 is 7.54. The Morgan fingerprint density at radius 1 is 1.24 bits per heavy atom. The van der Waals surface area contributed by atoms with E-state index >= 15 is 0 Å². The van der Waals surface area contributed by atoms with Gasteiger partial charge in [-0.15, -0.1) is 10.2 Å². The number of carbonyl (C=O) groups is 1. The van der Waals surface area contributed by atoms with Gasteiger partial charge in [0, 0.05) is 11.6 Å². The predicted octanol–water partition coefficient (Wildman–Crippen LogP) is 3.41. The van der Waals surface area contributed by atoms with Crippen molar-refractivity contribution in [3.05, 3.63) is 58.9 Å². The standard InChI is InChI=1S/C20H19ClN4O3S/c1-13-2-4-15(9-16(13)21)25-11-23-24-20(25)29-10-19(26)22-7-6-14-3-5-17-18(8-14)28-12-27-17/h2-5,8-9,11H,6-7,10,12H2,1H3,(H,22,26). The van der Waals surface area contributed by atoms with Gasteiger partial charge in [-0.05, 0) is 48.7 Å². The van der Waals surface area contributed by atoms with Crippen molar-refractivity contribution in [3.8, 4) is 17.2 Å². The number of aromatic nitrogens is 3. The first-order valence-electron chi connectivity index (χ1n) is 9.05. The number of fused-ring (bicyclic) bond motifs is 1. The van der Waals surface area contributed by atoms with Crippen molar-refractivity contribution in [2.75, 3.05) is 19.1 Å². The number of carbonyl (C=O) groups excluding carboxylic acids is 1. The van der Waals surface area contributed by atoms with E-state index in [1.807, 2.05) is 47.9 Å². The Bertz CT molecular complexity index is 1040. The molecule has 0 radical (unpaired) electrons. The van der Waals surface area contributed by atoms with E-state index in [0.717, 1.165) is 28.3 Å². The number of hydrogen-bond acceptors (Lipinski definition) is 6. The first kappa shape index (κ1) is 19.6. The van der Waals surface area contributed by atoms with Gasteiger partial charge in [-0.1, -0.05) is 35.5 Å². The van der Waals surface area contributed by atoms with E-state index in [-0.39, 0.29) is 18.5 Å². The summed E-state index contributed by atoms with van der Waals surface area (Å²) in [5.74, 6) is 1.69. The maximum atomic E-state index is 12.2. The molecule has 0 atom stereocenters. The maximum absolute atomic E-state index is 12.2. The number of aryl methyl sites for hydroxylation is 1. The molecule has 0 saturated carbocycles. The number of nitrogens with zero attached hydrogens (tertiary/aromatic N) is 3. The van der Waals surface area contributed by atoms with Crippen LogP contribution in [0.25, 0.3) is 5.69 Å². The Labute approximate surface area is 177 Å². The summed E-state index contributed by atoms with van der Waals surface area (Å²) < 4.78 is 12.5. The average molecular weight is 431 g/mol. The van der Waals surface area contributed by atoms with E-state index in [9.17, 15) is 4.79 Å². The highest BCUT2D eigenvalue weighted by molar-refractivity contribution is 7.99. The van der Waals surface area contributed by atoms with Crippen LogP contribution in [0.15, 0.2) is 47.9 Å². The highest BCUT2D eigenvalue weighted by Crippen LogP contribution is 2.32. The fourth-order valence-electron chi connectivity index (χ4n) is 2.86. The molecule has 0 spiro atoms. The molecule has 1 amide bonds. The van der Waals surface area contributed by atoms with Crippen molar-refractivity contribution in [3.63, 3.8) is 0 Å². The van der Waals surface area contributed by atoms with Crippen LogP contribution in [-0.2, 0) is 11.2 Å². The molecule has 0 saturated heterocycles. The zero-order valence-electron chi connectivity index (χ0n) is 15.7. The molecule has 150 valence electrons. The second-order valence-electron chi connectivity index (χ2n) is 6.49. The molecule has 3 aromatic rings. The van der Waals surface area contributed by atoms with Crippen LogP contribution >= 0.6 is 23.4 Å². The normalized spacial score (nSPS) is 12.2. The SMILES string of the molecule is Cc1ccc(-n2cnnc2SCC(=O)NCCc2ccc3c(c2)OCO3)cc1Cl. The lowest BCUT2D eigenvalue weighted by atomic mass is 10.1. The molecule has 0 aliphatic carbocycles. The zero-order valence-corrected chi connectivity index (χ0v) is 17.3. The number of benzene rings is 2. The minimum absolute atomic E-state index is 0.0627. The smallest absolute Gasteiger partial charge is 0.231 e. The molecule has 0 bridgehead atoms. The molecule has 1 aromatic heterocycles. The molecular formula is C20H19ClN4O3S. The summed E-state index contributed by atoms with van der Waals surface area (Å²) in [6, 6.07) is 11.5. The summed E-state index contributed by atoms with van der Waals surface area (Å²) in [5.41, 5.74) is 2.94. The van der Waals surface area contributed by atoms with Crippen molar-refractivity contribution >= 4 is 29.3 Å². The summed E-state index contributed by atoms with van der Waals surface area (Å²) in [5, 5.41) is 12.3. The van der Waals surface area contributed by atoms with Crippen LogP contribution in [0.5, 0.6) is 11.5 Å². The van der Waals surface area contributed by atoms with Crippen molar-refractivity contribution in [1.29, 1.82) is 0 Å². The van der Waals surface area contributed by atoms with Crippen molar-refractivity contribution in [2.45, 2.75) is 18.5 Å². The summed E-state index contributed by atoms with van der Waals surface area (Å²) in [6.45, 7) is 2.74. The van der Waals surface area contributed by atoms with Gasteiger partial charge in [0.1, 0.15) is 6.33 Å². The van der Waals surface area contributed by atoms with Crippen LogP contribution < -0.4 is 14.8 Å². The molecule has 1 aliphatic rings. The quantitative estimate of drug-likeness (QED) is 0.579. The van der Waals surface area contributed by atoms with Crippen LogP contribution in [0.3, 0.4) is 0 Å². The number of halogens is 1. The number of thioether (sulfide) groups is 1. The zero-order chi connectivity index (χ0) is 20.2. The fraction of sp³-hybridized carbons (Fsp3) is 0.250. The molecule has 7 nitrogen and oxygen atoms in total. The van der Waals surface area contributed by atoms with Crippen LogP contribution in [-0.4, -0.2) is 39.8 Å². The Morgan fingerprint density at radius 3 is 2.97 bits per heavy atom. The van der Waals surface area contributed by atoms with E-state index in [0.29, 0.717) is 23.1 Å². The van der Waals surface area contributed by atoms with Crippen molar-refractivity contribution < 1.29 is 14.3 Å². The lowest BCUT2D eigenvalue weighted by Gasteiger charge is -2.08. The van der Waals surface area contributed by atoms with Crippen LogP contribution in [0.4, 0.5) is 0 Å². The van der Waals surface area contributed by atoms with Gasteiger partial charge in [0.05, 0.1) is 11.4 Å². The molecule has 1 N–H and O–H groups in total. The molecule has 0 unspecified atom stereocenters. The van der Waals surface area contributed by atoms with Gasteiger partial charge in [-0.25, -0.2) is 0 Å². The van der Waals surface area contributed by atoms with Gasteiger partial charge >= 0.3 is 0 Å². The second kappa shape index (κ2) is 8.75. The Morgan fingerprint density at radius 2 is 2.10 bits per heavy atom. The highest BCUT2D eigenvalue weighted by atomic mass is 35.5. The molecule has 2 heterocycles. The average Bonchev–Trinajstić information content (AvgIpc) is 3.37. The molecule has 4 rings (SSSR count). The minimum Gasteiger partial charge on any atom is -0.454 e. The second-order valence-corrected chi connectivity index (χ2v) is 7.84. The monoisotopic (exact) mass is 430 g/mol. The van der Waals surface area contributed by atoms with Gasteiger partial charge in [-0.2, -0.15) is 0 Å². The number of rotatable bonds is 7. The predicted molar refractivity (Wildman–Crippen MR) is 111 cm³/mol. The van der Waals surface area contributed by atoms with Crippen molar-refractivity contribution in [1.82, 2.24) is 20.1 Å². The maximum Gasteiger partial charge on any atom is 0.231 e.